The van der Waals surface area contributed by atoms with Gasteiger partial charge in [-0.2, -0.15) is 0 Å². The number of rotatable bonds is 20. The van der Waals surface area contributed by atoms with Gasteiger partial charge in [-0.3, -0.25) is 14.7 Å². The van der Waals surface area contributed by atoms with Gasteiger partial charge in [0, 0.05) is 76.8 Å². The van der Waals surface area contributed by atoms with Crippen molar-refractivity contribution < 1.29 is 59.1 Å². The fourth-order valence-corrected chi connectivity index (χ4v) is 16.2. The lowest BCUT2D eigenvalue weighted by Crippen LogP contribution is -2.35. The van der Waals surface area contributed by atoms with Crippen LogP contribution in [0.5, 0.6) is 69.0 Å². The number of phenolic OH excluding ortho intramolecular Hbond substituents is 6. The summed E-state index contributed by atoms with van der Waals surface area (Å²) in [5, 5.41) is 68.4. The highest BCUT2D eigenvalue weighted by Crippen LogP contribution is 2.54. The number of allylic oxidation sites excluding steroid dienone is 3. The Balaban J connectivity index is 0.837. The van der Waals surface area contributed by atoms with Crippen LogP contribution < -0.4 is 28.4 Å². The zero-order valence-corrected chi connectivity index (χ0v) is 59.5. The van der Waals surface area contributed by atoms with Gasteiger partial charge in [0.25, 0.3) is 0 Å². The van der Waals surface area contributed by atoms with E-state index in [1.54, 1.807) is 91.0 Å². The number of fused-ring (bicyclic) bond motifs is 3. The first-order valence-electron chi connectivity index (χ1n) is 36.5. The van der Waals surface area contributed by atoms with Gasteiger partial charge in [0.1, 0.15) is 107 Å². The molecule has 15 heteroatoms. The molecule has 103 heavy (non-hydrogen) atoms. The molecule has 3 fully saturated rings. The monoisotopic (exact) mass is 1380 g/mol. The van der Waals surface area contributed by atoms with Crippen LogP contribution in [0.15, 0.2) is 176 Å². The van der Waals surface area contributed by atoms with Crippen LogP contribution in [-0.4, -0.2) is 124 Å². The fraction of sp³-hybridized carbons (Fsp3) is 0.318. The summed E-state index contributed by atoms with van der Waals surface area (Å²) in [6, 6.07) is 54.1. The molecule has 6 heterocycles. The first kappa shape index (κ1) is 68.4. The maximum atomic E-state index is 12.3. The molecule has 9 aromatic rings. The number of likely N-dealkylation sites (tertiary alicyclic amines) is 3. The minimum absolute atomic E-state index is 0.00564. The molecular formula is C88H91N3O12. The highest BCUT2D eigenvalue weighted by Gasteiger charge is 2.36. The summed E-state index contributed by atoms with van der Waals surface area (Å²) in [5.74, 6) is 5.42. The molecule has 530 valence electrons. The highest BCUT2D eigenvalue weighted by atomic mass is 16.5. The molecule has 0 saturated carbocycles. The first-order chi connectivity index (χ1) is 49.9. The van der Waals surface area contributed by atoms with Gasteiger partial charge in [-0.15, -0.1) is 0 Å². The number of phenols is 6. The van der Waals surface area contributed by atoms with Crippen molar-refractivity contribution in [2.45, 2.75) is 98.0 Å². The van der Waals surface area contributed by atoms with E-state index in [1.165, 1.54) is 12.8 Å². The topological polar surface area (TPSA) is 186 Å². The van der Waals surface area contributed by atoms with Crippen molar-refractivity contribution >= 4 is 33.4 Å². The predicted molar refractivity (Wildman–Crippen MR) is 405 cm³/mol. The largest absolute Gasteiger partial charge is 0.508 e. The molecule has 15 nitrogen and oxygen atoms in total. The van der Waals surface area contributed by atoms with Crippen LogP contribution in [0.3, 0.4) is 0 Å². The van der Waals surface area contributed by atoms with Crippen molar-refractivity contribution in [3.63, 3.8) is 0 Å². The molecule has 0 aromatic heterocycles. The van der Waals surface area contributed by atoms with Crippen LogP contribution in [-0.2, 0) is 0 Å². The number of hydrogen-bond acceptors (Lipinski definition) is 15. The van der Waals surface area contributed by atoms with E-state index in [-0.39, 0.29) is 40.5 Å². The maximum Gasteiger partial charge on any atom is 0.150 e. The first-order valence-corrected chi connectivity index (χ1v) is 36.5. The summed E-state index contributed by atoms with van der Waals surface area (Å²) >= 11 is 0. The molecule has 6 aliphatic rings. The number of benzene rings is 9. The van der Waals surface area contributed by atoms with Crippen LogP contribution >= 0.6 is 0 Å². The normalized spacial score (nSPS) is 20.2. The smallest absolute Gasteiger partial charge is 0.150 e. The van der Waals surface area contributed by atoms with Crippen molar-refractivity contribution in [1.29, 1.82) is 0 Å². The van der Waals surface area contributed by atoms with E-state index in [4.69, 9.17) is 28.4 Å². The van der Waals surface area contributed by atoms with Crippen LogP contribution in [0.4, 0.5) is 0 Å². The Hall–Kier alpha value is -10.3. The Labute approximate surface area is 603 Å². The fourth-order valence-electron chi connectivity index (χ4n) is 16.2. The zero-order chi connectivity index (χ0) is 71.2. The predicted octanol–water partition coefficient (Wildman–Crippen LogP) is 18.1. The standard InChI is InChI=1S/C88H91N3O12/c1-52-27-31-90(49-52)34-36-99-79-22-15-60(87-83(59-11-10-12-66(92)39-59)55(4)73-46-67(93)18-25-81(73)102-87)44-76(79)63-38-65(43-71(97)41-63)85-57(6)75-48-69(95)19-26-82(75)103-88(85)61-16-23-78(98-35-33-89-29-8-7-9-30-89)77(45-61)62-37-64(42-70(96)40-62)84-56(5)74-47-68(94)17-24-80(74)101-86(84)58-13-20-72(21-14-58)100-51-54(3)91-32-28-53(2)50-91/h10-26,37-48,52-54,86-88,92-97H,7-9,27-36,49-51H2,1-6H3. The van der Waals surface area contributed by atoms with Gasteiger partial charge in [-0.05, 0) is 292 Å². The highest BCUT2D eigenvalue weighted by molar-refractivity contribution is 6.00. The van der Waals surface area contributed by atoms with Crippen LogP contribution in [0.1, 0.15) is 142 Å². The zero-order valence-electron chi connectivity index (χ0n) is 59.5. The molecule has 0 bridgehead atoms. The lowest BCUT2D eigenvalue weighted by molar-refractivity contribution is 0.169. The number of aromatic hydroxyl groups is 6. The number of nitrogens with zero attached hydrogens (tertiary/aromatic N) is 3. The van der Waals surface area contributed by atoms with E-state index in [0.29, 0.717) is 99.3 Å². The van der Waals surface area contributed by atoms with Crippen molar-refractivity contribution in [3.05, 3.63) is 226 Å². The Kier molecular flexibility index (Phi) is 19.4. The molecule has 9 aromatic carbocycles. The average molecular weight is 1380 g/mol. The summed E-state index contributed by atoms with van der Waals surface area (Å²) in [5.41, 5.74) is 14.3. The van der Waals surface area contributed by atoms with Crippen molar-refractivity contribution in [3.8, 4) is 91.2 Å². The molecule has 6 unspecified atom stereocenters. The Bertz CT molecular complexity index is 4780. The summed E-state index contributed by atoms with van der Waals surface area (Å²) in [4.78, 5) is 7.37. The molecule has 6 N–H and O–H groups in total. The Morgan fingerprint density at radius 3 is 1.33 bits per heavy atom. The summed E-state index contributed by atoms with van der Waals surface area (Å²) in [6.45, 7) is 21.9. The number of piperidine rings is 1. The number of hydrogen-bond donors (Lipinski definition) is 6. The van der Waals surface area contributed by atoms with Gasteiger partial charge >= 0.3 is 0 Å². The average Bonchev–Trinajstić information content (AvgIpc) is 1.29. The maximum absolute atomic E-state index is 12.3. The Morgan fingerprint density at radius 1 is 0.398 bits per heavy atom. The van der Waals surface area contributed by atoms with Crippen LogP contribution in [0, 0.1) is 11.8 Å². The van der Waals surface area contributed by atoms with Crippen molar-refractivity contribution in [2.24, 2.45) is 11.8 Å². The second kappa shape index (κ2) is 29.2. The molecule has 6 aliphatic heterocycles. The van der Waals surface area contributed by atoms with E-state index < -0.39 is 18.3 Å². The SMILES string of the molecule is CC1=C(c2cc(O)cc(-c3cc(C4Oc5ccc(O)cc5C(C)=C4c4cc(O)cc(-c5cc(C6Oc7ccc(O)cc7C(C)=C6c6cccc(O)c6)ccc5OCCN5CCC(C)C5)c4)ccc3OCCN3CCCCC3)c2)C(c2ccc(OCC(C)N3CCC(C)C3)cc2)Oc2ccc(O)cc21. The van der Waals surface area contributed by atoms with E-state index >= 15 is 0 Å². The third-order valence-corrected chi connectivity index (χ3v) is 21.7. The molecule has 3 saturated heterocycles. The quantitative estimate of drug-likeness (QED) is 0.0423. The molecule has 15 rings (SSSR count). The third-order valence-electron chi connectivity index (χ3n) is 21.7. The summed E-state index contributed by atoms with van der Waals surface area (Å²) in [6.07, 6.45) is 3.70. The third kappa shape index (κ3) is 14.5. The van der Waals surface area contributed by atoms with Gasteiger partial charge in [-0.1, -0.05) is 56.7 Å². The van der Waals surface area contributed by atoms with E-state index in [0.717, 1.165) is 144 Å². The van der Waals surface area contributed by atoms with Gasteiger partial charge in [0.15, 0.2) is 0 Å². The molecule has 0 radical (unpaired) electrons. The second-order valence-corrected chi connectivity index (χ2v) is 29.2. The van der Waals surface area contributed by atoms with Gasteiger partial charge in [0.05, 0.1) is 0 Å². The molecular weight excluding hydrogens is 1290 g/mol. The summed E-state index contributed by atoms with van der Waals surface area (Å²) < 4.78 is 41.4. The molecule has 0 amide bonds. The van der Waals surface area contributed by atoms with Gasteiger partial charge in [0.2, 0.25) is 0 Å². The van der Waals surface area contributed by atoms with Gasteiger partial charge < -0.3 is 59.1 Å². The number of ether oxygens (including phenoxy) is 6. The lowest BCUT2D eigenvalue weighted by atomic mass is 9.83. The lowest BCUT2D eigenvalue weighted by Gasteiger charge is -2.32. The molecule has 0 spiro atoms. The molecule has 0 aliphatic carbocycles. The van der Waals surface area contributed by atoms with Crippen molar-refractivity contribution in [2.75, 3.05) is 72.2 Å². The molecule has 6 atom stereocenters. The second-order valence-electron chi connectivity index (χ2n) is 29.2. The van der Waals surface area contributed by atoms with Crippen LogP contribution in [0.2, 0.25) is 0 Å². The van der Waals surface area contributed by atoms with E-state index in [9.17, 15) is 30.6 Å². The minimum Gasteiger partial charge on any atom is -0.508 e. The van der Waals surface area contributed by atoms with Crippen molar-refractivity contribution in [1.82, 2.24) is 14.7 Å². The Morgan fingerprint density at radius 2 is 0.845 bits per heavy atom. The van der Waals surface area contributed by atoms with E-state index in [1.807, 2.05) is 81.4 Å². The minimum atomic E-state index is -0.813. The summed E-state index contributed by atoms with van der Waals surface area (Å²) in [7, 11) is 0. The van der Waals surface area contributed by atoms with Crippen LogP contribution in [0.25, 0.3) is 55.7 Å². The van der Waals surface area contributed by atoms with E-state index in [2.05, 4.69) is 59.7 Å². The van der Waals surface area contributed by atoms with Gasteiger partial charge in [-0.25, -0.2) is 0 Å².